The summed E-state index contributed by atoms with van der Waals surface area (Å²) in [6, 6.07) is 6.12. The van der Waals surface area contributed by atoms with E-state index in [1.165, 1.54) is 16.7 Å². The van der Waals surface area contributed by atoms with E-state index in [-0.39, 0.29) is 27.1 Å². The molecule has 0 bridgehead atoms. The molecule has 21 heavy (non-hydrogen) atoms. The molecule has 0 fully saturated rings. The maximum Gasteiger partial charge on any atom is 0.307 e. The first kappa shape index (κ1) is 15.9. The van der Waals surface area contributed by atoms with Crippen molar-refractivity contribution in [2.75, 3.05) is 5.75 Å². The molecule has 0 atom stereocenters. The third-order valence-electron chi connectivity index (χ3n) is 3.06. The maximum absolute atomic E-state index is 12.3. The van der Waals surface area contributed by atoms with Gasteiger partial charge in [0.25, 0.3) is 0 Å². The van der Waals surface area contributed by atoms with E-state index in [0.717, 1.165) is 17.0 Å². The van der Waals surface area contributed by atoms with E-state index in [0.29, 0.717) is 5.56 Å². The molecule has 0 aliphatic heterocycles. The van der Waals surface area contributed by atoms with Gasteiger partial charge in [-0.05, 0) is 19.1 Å². The fourth-order valence-electron chi connectivity index (χ4n) is 1.83. The number of thiocarbonyl (C=S) groups is 1. The Morgan fingerprint density at radius 2 is 1.95 bits per heavy atom. The normalized spacial score (nSPS) is 11.5. The van der Waals surface area contributed by atoms with E-state index in [4.69, 9.17) is 18.0 Å². The SMILES string of the molecule is Cc1csc(=O)n1CCS(=O)(=O)c1ccc(C(N)=S)cc1. The molecular weight excluding hydrogens is 328 g/mol. The second-order valence-electron chi connectivity index (χ2n) is 4.50. The number of aryl methyl sites for hydroxylation is 1. The van der Waals surface area contributed by atoms with Gasteiger partial charge < -0.3 is 10.3 Å². The number of nitrogens with two attached hydrogens (primary N) is 1. The molecule has 0 unspecified atom stereocenters. The van der Waals surface area contributed by atoms with Gasteiger partial charge in [0.1, 0.15) is 4.99 Å². The van der Waals surface area contributed by atoms with Crippen LogP contribution in [0.3, 0.4) is 0 Å². The van der Waals surface area contributed by atoms with E-state index >= 15 is 0 Å². The lowest BCUT2D eigenvalue weighted by molar-refractivity contribution is 0.587. The van der Waals surface area contributed by atoms with E-state index < -0.39 is 9.84 Å². The smallest absolute Gasteiger partial charge is 0.307 e. The van der Waals surface area contributed by atoms with Crippen LogP contribution in [0.1, 0.15) is 11.3 Å². The Morgan fingerprint density at radius 3 is 2.43 bits per heavy atom. The van der Waals surface area contributed by atoms with Gasteiger partial charge in [0.05, 0.1) is 10.6 Å². The second kappa shape index (κ2) is 6.08. The lowest BCUT2D eigenvalue weighted by atomic mass is 10.2. The average Bonchev–Trinajstić information content (AvgIpc) is 2.76. The molecule has 0 saturated carbocycles. The van der Waals surface area contributed by atoms with Crippen molar-refractivity contribution in [2.24, 2.45) is 5.73 Å². The van der Waals surface area contributed by atoms with Gasteiger partial charge in [0.2, 0.25) is 0 Å². The summed E-state index contributed by atoms with van der Waals surface area (Å²) in [6.07, 6.45) is 0. The minimum Gasteiger partial charge on any atom is -0.389 e. The predicted octanol–water partition coefficient (Wildman–Crippen LogP) is 1.33. The van der Waals surface area contributed by atoms with Gasteiger partial charge in [-0.3, -0.25) is 4.79 Å². The highest BCUT2D eigenvalue weighted by atomic mass is 32.2. The lowest BCUT2D eigenvalue weighted by Gasteiger charge is -2.07. The largest absolute Gasteiger partial charge is 0.389 e. The molecule has 2 N–H and O–H groups in total. The van der Waals surface area contributed by atoms with Crippen LogP contribution in [-0.4, -0.2) is 23.7 Å². The van der Waals surface area contributed by atoms with Gasteiger partial charge in [-0.15, -0.1) is 0 Å². The number of aromatic nitrogens is 1. The third kappa shape index (κ3) is 3.58. The lowest BCUT2D eigenvalue weighted by Crippen LogP contribution is -2.21. The Bertz CT molecular complexity index is 817. The summed E-state index contributed by atoms with van der Waals surface area (Å²) >= 11 is 5.89. The Morgan fingerprint density at radius 1 is 1.33 bits per heavy atom. The van der Waals surface area contributed by atoms with Crippen LogP contribution in [0.5, 0.6) is 0 Å². The van der Waals surface area contributed by atoms with Gasteiger partial charge in [-0.25, -0.2) is 8.42 Å². The molecule has 2 aromatic rings. The highest BCUT2D eigenvalue weighted by Gasteiger charge is 2.16. The Balaban J connectivity index is 2.19. The van der Waals surface area contributed by atoms with Crippen LogP contribution in [0.15, 0.2) is 39.3 Å². The van der Waals surface area contributed by atoms with Crippen molar-refractivity contribution in [1.29, 1.82) is 0 Å². The maximum atomic E-state index is 12.3. The summed E-state index contributed by atoms with van der Waals surface area (Å²) in [6.45, 7) is 1.93. The Labute approximate surface area is 132 Å². The fraction of sp³-hybridized carbons (Fsp3) is 0.231. The van der Waals surface area contributed by atoms with Crippen LogP contribution in [0.25, 0.3) is 0 Å². The minimum absolute atomic E-state index is 0.128. The van der Waals surface area contributed by atoms with Crippen molar-refractivity contribution in [3.05, 3.63) is 50.6 Å². The summed E-state index contributed by atoms with van der Waals surface area (Å²) in [7, 11) is -3.45. The summed E-state index contributed by atoms with van der Waals surface area (Å²) in [5, 5.41) is 1.71. The van der Waals surface area contributed by atoms with Crippen LogP contribution in [-0.2, 0) is 16.4 Å². The van der Waals surface area contributed by atoms with Gasteiger partial charge in [0, 0.05) is 23.2 Å². The third-order valence-corrected chi connectivity index (χ3v) is 5.89. The molecule has 0 saturated heterocycles. The molecule has 1 aromatic carbocycles. The molecule has 8 heteroatoms. The van der Waals surface area contributed by atoms with Crippen LogP contribution < -0.4 is 10.6 Å². The van der Waals surface area contributed by atoms with Gasteiger partial charge in [-0.1, -0.05) is 35.7 Å². The number of hydrogen-bond acceptors (Lipinski definition) is 5. The van der Waals surface area contributed by atoms with Crippen LogP contribution in [0.2, 0.25) is 0 Å². The molecule has 0 aliphatic carbocycles. The molecule has 0 amide bonds. The molecule has 0 spiro atoms. The Hall–Kier alpha value is -1.51. The van der Waals surface area contributed by atoms with E-state index in [9.17, 15) is 13.2 Å². The number of benzene rings is 1. The van der Waals surface area contributed by atoms with Gasteiger partial charge >= 0.3 is 4.87 Å². The van der Waals surface area contributed by atoms with Crippen molar-refractivity contribution >= 4 is 38.4 Å². The fourth-order valence-corrected chi connectivity index (χ4v) is 3.94. The molecule has 1 aromatic heterocycles. The number of hydrogen-bond donors (Lipinski definition) is 1. The molecule has 1 heterocycles. The summed E-state index contributed by atoms with van der Waals surface area (Å²) in [4.78, 5) is 11.8. The first-order valence-electron chi connectivity index (χ1n) is 6.09. The zero-order chi connectivity index (χ0) is 15.6. The van der Waals surface area contributed by atoms with Crippen molar-refractivity contribution in [3.63, 3.8) is 0 Å². The van der Waals surface area contributed by atoms with Crippen molar-refractivity contribution < 1.29 is 8.42 Å². The monoisotopic (exact) mass is 342 g/mol. The number of thiazole rings is 1. The summed E-state index contributed by atoms with van der Waals surface area (Å²) in [5.74, 6) is -0.128. The van der Waals surface area contributed by atoms with Crippen molar-refractivity contribution in [3.8, 4) is 0 Å². The molecule has 0 radical (unpaired) electrons. The second-order valence-corrected chi connectivity index (χ2v) is 7.87. The van der Waals surface area contributed by atoms with Crippen LogP contribution in [0.4, 0.5) is 0 Å². The number of rotatable bonds is 5. The predicted molar refractivity (Wildman–Crippen MR) is 87.7 cm³/mol. The molecule has 5 nitrogen and oxygen atoms in total. The first-order valence-corrected chi connectivity index (χ1v) is 9.03. The van der Waals surface area contributed by atoms with Gasteiger partial charge in [-0.2, -0.15) is 0 Å². The first-order chi connectivity index (χ1) is 9.81. The van der Waals surface area contributed by atoms with E-state index in [1.807, 2.05) is 0 Å². The van der Waals surface area contributed by atoms with Crippen molar-refractivity contribution in [2.45, 2.75) is 18.4 Å². The summed E-state index contributed by atoms with van der Waals surface area (Å²) in [5.41, 5.74) is 6.86. The molecular formula is C13H14N2O3S3. The minimum atomic E-state index is -3.45. The van der Waals surface area contributed by atoms with Crippen LogP contribution in [0, 0.1) is 6.92 Å². The molecule has 112 valence electrons. The molecule has 2 rings (SSSR count). The topological polar surface area (TPSA) is 82.2 Å². The van der Waals surface area contributed by atoms with Crippen molar-refractivity contribution in [1.82, 2.24) is 4.57 Å². The number of sulfone groups is 1. The quantitative estimate of drug-likeness (QED) is 0.829. The van der Waals surface area contributed by atoms with Gasteiger partial charge in [0.15, 0.2) is 9.84 Å². The highest BCUT2D eigenvalue weighted by molar-refractivity contribution is 7.91. The van der Waals surface area contributed by atoms with E-state index in [2.05, 4.69) is 0 Å². The van der Waals surface area contributed by atoms with E-state index in [1.54, 1.807) is 24.4 Å². The Kier molecular flexibility index (Phi) is 4.60. The summed E-state index contributed by atoms with van der Waals surface area (Å²) < 4.78 is 26.0. The van der Waals surface area contributed by atoms with Crippen LogP contribution >= 0.6 is 23.6 Å². The standard InChI is InChI=1S/C13H14N2O3S3/c1-9-8-20-13(16)15(9)6-7-21(17,18)11-4-2-10(3-5-11)12(14)19/h2-5,8H,6-7H2,1H3,(H2,14,19). The zero-order valence-electron chi connectivity index (χ0n) is 11.3. The molecule has 0 aliphatic rings. The average molecular weight is 342 g/mol. The zero-order valence-corrected chi connectivity index (χ0v) is 13.7. The highest BCUT2D eigenvalue weighted by Crippen LogP contribution is 2.13. The number of nitrogens with zero attached hydrogens (tertiary/aromatic N) is 1.